The lowest BCUT2D eigenvalue weighted by molar-refractivity contribution is 0.0692. The molecule has 2 heteroatoms. The Hall–Kier alpha value is -2.35. The highest BCUT2D eigenvalue weighted by Crippen LogP contribution is 2.40. The lowest BCUT2D eigenvalue weighted by atomic mass is 9.90. The predicted molar refractivity (Wildman–Crippen MR) is 83.9 cm³/mol. The first-order valence-electron chi connectivity index (χ1n) is 7.25. The second-order valence-corrected chi connectivity index (χ2v) is 5.64. The summed E-state index contributed by atoms with van der Waals surface area (Å²) in [6.07, 6.45) is 2.07. The second-order valence-electron chi connectivity index (χ2n) is 5.64. The van der Waals surface area contributed by atoms with Crippen molar-refractivity contribution in [2.75, 3.05) is 0 Å². The number of hydrogen-bond donors (Lipinski definition) is 0. The molecule has 1 aliphatic carbocycles. The molecule has 21 heavy (non-hydrogen) atoms. The molecular formula is C19H18O2. The summed E-state index contributed by atoms with van der Waals surface area (Å²) in [5.74, 6) is 1.15. The summed E-state index contributed by atoms with van der Waals surface area (Å²) in [6.45, 7) is 4.36. The molecular weight excluding hydrogens is 260 g/mol. The Morgan fingerprint density at radius 3 is 2.38 bits per heavy atom. The number of carbonyl (C=O) groups excluding carboxylic acids is 1. The van der Waals surface area contributed by atoms with Crippen LogP contribution in [0.5, 0.6) is 0 Å². The van der Waals surface area contributed by atoms with Gasteiger partial charge in [0, 0.05) is 11.5 Å². The molecule has 0 heterocycles. The van der Waals surface area contributed by atoms with Crippen LogP contribution in [0.1, 0.15) is 41.3 Å². The third-order valence-electron chi connectivity index (χ3n) is 3.85. The SMILES string of the molecule is CC(C)C1C=C(OC(=O)c2ccccc2)c2ccccc21. The third-order valence-corrected chi connectivity index (χ3v) is 3.85. The highest BCUT2D eigenvalue weighted by atomic mass is 16.5. The first kappa shape index (κ1) is 13.6. The molecule has 0 saturated carbocycles. The molecule has 0 radical (unpaired) electrons. The van der Waals surface area contributed by atoms with E-state index in [1.807, 2.05) is 36.4 Å². The van der Waals surface area contributed by atoms with Crippen molar-refractivity contribution in [2.24, 2.45) is 5.92 Å². The molecule has 1 atom stereocenters. The summed E-state index contributed by atoms with van der Waals surface area (Å²) in [5.41, 5.74) is 2.84. The van der Waals surface area contributed by atoms with E-state index in [0.29, 0.717) is 23.2 Å². The van der Waals surface area contributed by atoms with Gasteiger partial charge in [0.15, 0.2) is 0 Å². The fourth-order valence-corrected chi connectivity index (χ4v) is 2.73. The van der Waals surface area contributed by atoms with E-state index in [9.17, 15) is 4.79 Å². The molecule has 106 valence electrons. The minimum Gasteiger partial charge on any atom is -0.423 e. The summed E-state index contributed by atoms with van der Waals surface area (Å²) in [5, 5.41) is 0. The summed E-state index contributed by atoms with van der Waals surface area (Å²) in [7, 11) is 0. The number of hydrogen-bond acceptors (Lipinski definition) is 2. The van der Waals surface area contributed by atoms with Crippen molar-refractivity contribution in [1.29, 1.82) is 0 Å². The largest absolute Gasteiger partial charge is 0.423 e. The van der Waals surface area contributed by atoms with Crippen molar-refractivity contribution in [3.8, 4) is 0 Å². The van der Waals surface area contributed by atoms with Crippen molar-refractivity contribution < 1.29 is 9.53 Å². The fourth-order valence-electron chi connectivity index (χ4n) is 2.73. The van der Waals surface area contributed by atoms with Crippen LogP contribution in [-0.2, 0) is 4.74 Å². The Morgan fingerprint density at radius 2 is 1.67 bits per heavy atom. The summed E-state index contributed by atoms with van der Waals surface area (Å²) in [4.78, 5) is 12.2. The minimum atomic E-state index is -0.305. The van der Waals surface area contributed by atoms with E-state index in [0.717, 1.165) is 5.56 Å². The summed E-state index contributed by atoms with van der Waals surface area (Å²) >= 11 is 0. The zero-order chi connectivity index (χ0) is 14.8. The Kier molecular flexibility index (Phi) is 3.61. The fraction of sp³-hybridized carbons (Fsp3) is 0.211. The molecule has 0 N–H and O–H groups in total. The van der Waals surface area contributed by atoms with Gasteiger partial charge in [-0.25, -0.2) is 4.79 Å². The first-order valence-corrected chi connectivity index (χ1v) is 7.25. The van der Waals surface area contributed by atoms with Crippen LogP contribution in [0, 0.1) is 5.92 Å². The van der Waals surface area contributed by atoms with Gasteiger partial charge < -0.3 is 4.74 Å². The van der Waals surface area contributed by atoms with Crippen molar-refractivity contribution in [2.45, 2.75) is 19.8 Å². The van der Waals surface area contributed by atoms with Crippen molar-refractivity contribution in [3.63, 3.8) is 0 Å². The topological polar surface area (TPSA) is 26.3 Å². The van der Waals surface area contributed by atoms with E-state index in [1.54, 1.807) is 12.1 Å². The predicted octanol–water partition coefficient (Wildman–Crippen LogP) is 4.64. The maximum absolute atomic E-state index is 12.2. The van der Waals surface area contributed by atoms with Crippen molar-refractivity contribution in [1.82, 2.24) is 0 Å². The minimum absolute atomic E-state index is 0.305. The van der Waals surface area contributed by atoms with Crippen molar-refractivity contribution in [3.05, 3.63) is 77.4 Å². The van der Waals surface area contributed by atoms with Gasteiger partial charge in [0.25, 0.3) is 0 Å². The molecule has 3 rings (SSSR count). The number of rotatable bonds is 3. The quantitative estimate of drug-likeness (QED) is 0.765. The highest BCUT2D eigenvalue weighted by Gasteiger charge is 2.27. The van der Waals surface area contributed by atoms with E-state index in [4.69, 9.17) is 4.74 Å². The molecule has 2 aromatic carbocycles. The number of fused-ring (bicyclic) bond motifs is 1. The number of allylic oxidation sites excluding steroid dienone is 1. The van der Waals surface area contributed by atoms with Crippen LogP contribution in [0.15, 0.2) is 60.7 Å². The Morgan fingerprint density at radius 1 is 1.00 bits per heavy atom. The first-order chi connectivity index (χ1) is 10.2. The molecule has 2 nitrogen and oxygen atoms in total. The van der Waals surface area contributed by atoms with Crippen LogP contribution >= 0.6 is 0 Å². The number of benzene rings is 2. The molecule has 0 aliphatic heterocycles. The van der Waals surface area contributed by atoms with Crippen LogP contribution in [0.4, 0.5) is 0 Å². The lowest BCUT2D eigenvalue weighted by Crippen LogP contribution is -2.03. The monoisotopic (exact) mass is 278 g/mol. The zero-order valence-electron chi connectivity index (χ0n) is 12.2. The van der Waals surface area contributed by atoms with E-state index in [2.05, 4.69) is 26.0 Å². The molecule has 2 aromatic rings. The highest BCUT2D eigenvalue weighted by molar-refractivity contribution is 5.93. The molecule has 0 bridgehead atoms. The Bertz CT molecular complexity index is 684. The summed E-state index contributed by atoms with van der Waals surface area (Å²) in [6, 6.07) is 17.2. The van der Waals surface area contributed by atoms with Gasteiger partial charge in [-0.15, -0.1) is 0 Å². The Balaban J connectivity index is 1.89. The maximum atomic E-state index is 12.2. The second kappa shape index (κ2) is 5.57. The number of ether oxygens (including phenoxy) is 1. The standard InChI is InChI=1S/C19H18O2/c1-13(2)17-12-18(16-11-7-6-10-15(16)17)21-19(20)14-8-4-3-5-9-14/h3-13,17H,1-2H3. The third kappa shape index (κ3) is 2.62. The van der Waals surface area contributed by atoms with Gasteiger partial charge in [-0.3, -0.25) is 0 Å². The van der Waals surface area contributed by atoms with Gasteiger partial charge in [0.2, 0.25) is 0 Å². The molecule has 0 spiro atoms. The average molecular weight is 278 g/mol. The van der Waals surface area contributed by atoms with Crippen LogP contribution in [0.3, 0.4) is 0 Å². The molecule has 0 aromatic heterocycles. The van der Waals surface area contributed by atoms with Gasteiger partial charge in [-0.1, -0.05) is 56.3 Å². The van der Waals surface area contributed by atoms with Gasteiger partial charge in [-0.05, 0) is 29.7 Å². The molecule has 0 saturated heterocycles. The maximum Gasteiger partial charge on any atom is 0.343 e. The van der Waals surface area contributed by atoms with Crippen LogP contribution < -0.4 is 0 Å². The van der Waals surface area contributed by atoms with E-state index < -0.39 is 0 Å². The summed E-state index contributed by atoms with van der Waals surface area (Å²) < 4.78 is 5.63. The van der Waals surface area contributed by atoms with Gasteiger partial charge in [0.1, 0.15) is 5.76 Å². The lowest BCUT2D eigenvalue weighted by Gasteiger charge is -2.13. The average Bonchev–Trinajstić information content (AvgIpc) is 2.87. The van der Waals surface area contributed by atoms with Crippen LogP contribution in [0.2, 0.25) is 0 Å². The normalized spacial score (nSPS) is 16.5. The van der Waals surface area contributed by atoms with E-state index in [1.165, 1.54) is 5.56 Å². The van der Waals surface area contributed by atoms with E-state index >= 15 is 0 Å². The van der Waals surface area contributed by atoms with Gasteiger partial charge >= 0.3 is 5.97 Å². The number of carbonyl (C=O) groups is 1. The molecule has 0 fully saturated rings. The Labute approximate surface area is 125 Å². The van der Waals surface area contributed by atoms with Crippen LogP contribution in [0.25, 0.3) is 5.76 Å². The van der Waals surface area contributed by atoms with Crippen molar-refractivity contribution >= 4 is 11.7 Å². The van der Waals surface area contributed by atoms with E-state index in [-0.39, 0.29) is 5.97 Å². The van der Waals surface area contributed by atoms with Crippen LogP contribution in [-0.4, -0.2) is 5.97 Å². The number of esters is 1. The smallest absolute Gasteiger partial charge is 0.343 e. The zero-order valence-corrected chi connectivity index (χ0v) is 12.2. The van der Waals surface area contributed by atoms with Gasteiger partial charge in [-0.2, -0.15) is 0 Å². The van der Waals surface area contributed by atoms with Gasteiger partial charge in [0.05, 0.1) is 5.56 Å². The molecule has 1 aliphatic rings. The molecule has 1 unspecified atom stereocenters. The molecule has 0 amide bonds.